The van der Waals surface area contributed by atoms with Crippen molar-refractivity contribution in [2.45, 2.75) is 31.0 Å². The van der Waals surface area contributed by atoms with Crippen LogP contribution in [-0.2, 0) is 9.59 Å². The van der Waals surface area contributed by atoms with Gasteiger partial charge in [-0.2, -0.15) is 13.2 Å². The lowest BCUT2D eigenvalue weighted by atomic mass is 9.81. The Bertz CT molecular complexity index is 1200. The van der Waals surface area contributed by atoms with Gasteiger partial charge in [0.25, 0.3) is 0 Å². The van der Waals surface area contributed by atoms with Gasteiger partial charge in [-0.25, -0.2) is 0 Å². The Balaban J connectivity index is 1.73. The van der Waals surface area contributed by atoms with Crippen molar-refractivity contribution in [1.29, 1.82) is 0 Å². The second-order valence-electron chi connectivity index (χ2n) is 7.67. The molecule has 9 heteroatoms. The third-order valence-electron chi connectivity index (χ3n) is 5.71. The number of anilines is 2. The van der Waals surface area contributed by atoms with Crippen molar-refractivity contribution in [1.82, 2.24) is 0 Å². The van der Waals surface area contributed by atoms with Crippen molar-refractivity contribution in [3.8, 4) is 0 Å². The minimum Gasteiger partial charge on any atom is -0.469 e. The summed E-state index contributed by atoms with van der Waals surface area (Å²) < 4.78 is 52.0. The molecular formula is C23H17F3N2O4. The number of hydrogen-bond donors (Lipinski definition) is 1. The van der Waals surface area contributed by atoms with E-state index in [4.69, 9.17) is 8.83 Å². The van der Waals surface area contributed by atoms with E-state index in [0.717, 1.165) is 0 Å². The molecule has 0 unspecified atom stereocenters. The number of nitrogens with one attached hydrogen (secondary N) is 1. The normalized spacial score (nSPS) is 21.0. The van der Waals surface area contributed by atoms with E-state index in [1.807, 2.05) is 0 Å². The average Bonchev–Trinajstić information content (AvgIpc) is 3.44. The number of para-hydroxylation sites is 2. The quantitative estimate of drug-likeness (QED) is 0.580. The van der Waals surface area contributed by atoms with Crippen LogP contribution < -0.4 is 10.2 Å². The maximum absolute atomic E-state index is 13.7. The summed E-state index contributed by atoms with van der Waals surface area (Å²) >= 11 is 0. The predicted molar refractivity (Wildman–Crippen MR) is 108 cm³/mol. The summed E-state index contributed by atoms with van der Waals surface area (Å²) in [6.07, 6.45) is -1.98. The molecule has 0 radical (unpaired) electrons. The van der Waals surface area contributed by atoms with Crippen LogP contribution in [0, 0.1) is 0 Å². The van der Waals surface area contributed by atoms with Gasteiger partial charge in [-0.3, -0.25) is 14.5 Å². The van der Waals surface area contributed by atoms with Crippen LogP contribution in [0.15, 0.2) is 81.2 Å². The third-order valence-corrected chi connectivity index (χ3v) is 5.71. The molecule has 0 saturated heterocycles. The van der Waals surface area contributed by atoms with Crippen molar-refractivity contribution in [3.05, 3.63) is 83.8 Å². The first-order chi connectivity index (χ1) is 15.3. The van der Waals surface area contributed by atoms with E-state index < -0.39 is 18.1 Å². The molecule has 1 aliphatic heterocycles. The number of carbonyl (C=O) groups excluding carboxylic acids is 2. The number of furan rings is 2. The van der Waals surface area contributed by atoms with Gasteiger partial charge in [0.1, 0.15) is 17.6 Å². The lowest BCUT2D eigenvalue weighted by molar-refractivity contribution is -0.171. The van der Waals surface area contributed by atoms with Crippen LogP contribution in [0.1, 0.15) is 36.3 Å². The summed E-state index contributed by atoms with van der Waals surface area (Å²) in [6, 6.07) is 11.2. The van der Waals surface area contributed by atoms with Gasteiger partial charge in [0, 0.05) is 23.6 Å². The summed E-state index contributed by atoms with van der Waals surface area (Å²) in [6.45, 7) is 0. The van der Waals surface area contributed by atoms with Gasteiger partial charge >= 0.3 is 12.1 Å². The molecule has 3 heterocycles. The highest BCUT2D eigenvalue weighted by Crippen LogP contribution is 2.48. The molecule has 2 atom stereocenters. The minimum absolute atomic E-state index is 0.00738. The topological polar surface area (TPSA) is 75.7 Å². The number of allylic oxidation sites excluding steroid dienone is 1. The Morgan fingerprint density at radius 2 is 1.66 bits per heavy atom. The predicted octanol–water partition coefficient (Wildman–Crippen LogP) is 5.34. The average molecular weight is 442 g/mol. The van der Waals surface area contributed by atoms with Crippen molar-refractivity contribution in [2.75, 3.05) is 10.2 Å². The molecule has 2 aliphatic rings. The molecule has 164 valence electrons. The second-order valence-corrected chi connectivity index (χ2v) is 7.67. The maximum atomic E-state index is 13.7. The highest BCUT2D eigenvalue weighted by Gasteiger charge is 2.50. The number of ketones is 1. The fourth-order valence-corrected chi connectivity index (χ4v) is 4.39. The molecule has 1 amide bonds. The highest BCUT2D eigenvalue weighted by atomic mass is 19.4. The number of amides is 1. The van der Waals surface area contributed by atoms with Gasteiger partial charge in [-0.15, -0.1) is 0 Å². The molecule has 2 aromatic heterocycles. The molecule has 0 fully saturated rings. The van der Waals surface area contributed by atoms with Gasteiger partial charge in [-0.1, -0.05) is 12.1 Å². The van der Waals surface area contributed by atoms with Crippen LogP contribution >= 0.6 is 0 Å². The standard InChI is InChI=1S/C23H17F3N2O4/c24-23(25,26)22(30)28-16-6-2-1-5-14(16)27-15-11-13(18-7-3-9-31-18)12-17(29)20(15)21(28)19-8-4-10-32-19/h1-10,13,21,27H,11-12H2/t13-,21+/m1/s1. The van der Waals surface area contributed by atoms with Crippen LogP contribution in [-0.4, -0.2) is 17.9 Å². The number of carbonyl (C=O) groups is 2. The molecule has 0 bridgehead atoms. The number of hydrogen-bond acceptors (Lipinski definition) is 5. The zero-order valence-corrected chi connectivity index (χ0v) is 16.6. The van der Waals surface area contributed by atoms with Gasteiger partial charge in [0.15, 0.2) is 5.78 Å². The van der Waals surface area contributed by atoms with Crippen LogP contribution in [0.5, 0.6) is 0 Å². The number of halogens is 3. The molecule has 1 N–H and O–H groups in total. The molecule has 1 aromatic carbocycles. The number of nitrogens with zero attached hydrogens (tertiary/aromatic N) is 1. The smallest absolute Gasteiger partial charge is 0.469 e. The van der Waals surface area contributed by atoms with Crippen molar-refractivity contribution >= 4 is 23.1 Å². The van der Waals surface area contributed by atoms with E-state index in [1.54, 1.807) is 24.3 Å². The van der Waals surface area contributed by atoms with Gasteiger partial charge in [-0.05, 0) is 42.8 Å². The lowest BCUT2D eigenvalue weighted by Gasteiger charge is -2.33. The fourth-order valence-electron chi connectivity index (χ4n) is 4.39. The SMILES string of the molecule is O=C1C[C@H](c2ccco2)CC2=C1[C@H](c1ccco1)N(C(=O)C(F)(F)F)c1ccccc1N2. The summed E-state index contributed by atoms with van der Waals surface area (Å²) in [5.74, 6) is -2.06. The largest absolute Gasteiger partial charge is 0.471 e. The van der Waals surface area contributed by atoms with E-state index in [2.05, 4.69) is 5.32 Å². The highest BCUT2D eigenvalue weighted by molar-refractivity contribution is 6.07. The molecule has 1 aliphatic carbocycles. The Kier molecular flexibility index (Phi) is 4.69. The maximum Gasteiger partial charge on any atom is 0.471 e. The first-order valence-corrected chi connectivity index (χ1v) is 9.94. The number of rotatable bonds is 2. The van der Waals surface area contributed by atoms with E-state index >= 15 is 0 Å². The van der Waals surface area contributed by atoms with Crippen LogP contribution in [0.2, 0.25) is 0 Å². The summed E-state index contributed by atoms with van der Waals surface area (Å²) in [5, 5.41) is 3.13. The van der Waals surface area contributed by atoms with Gasteiger partial charge in [0.2, 0.25) is 0 Å². The zero-order chi connectivity index (χ0) is 22.5. The monoisotopic (exact) mass is 442 g/mol. The molecule has 0 saturated carbocycles. The first kappa shape index (κ1) is 20.2. The molecule has 5 rings (SSSR count). The van der Waals surface area contributed by atoms with Crippen molar-refractivity contribution in [3.63, 3.8) is 0 Å². The number of Topliss-reactive ketones (excluding diaryl/α,β-unsaturated/α-hetero) is 1. The van der Waals surface area contributed by atoms with Gasteiger partial charge in [0.05, 0.1) is 23.9 Å². The summed E-state index contributed by atoms with van der Waals surface area (Å²) in [5.41, 5.74) is 0.818. The third kappa shape index (κ3) is 3.30. The number of fused-ring (bicyclic) bond motifs is 1. The van der Waals surface area contributed by atoms with Crippen LogP contribution in [0.4, 0.5) is 24.5 Å². The minimum atomic E-state index is -5.16. The Morgan fingerprint density at radius 1 is 0.969 bits per heavy atom. The Morgan fingerprint density at radius 3 is 2.31 bits per heavy atom. The number of alkyl halides is 3. The van der Waals surface area contributed by atoms with Crippen molar-refractivity contribution in [2.24, 2.45) is 0 Å². The molecule has 3 aromatic rings. The zero-order valence-electron chi connectivity index (χ0n) is 16.6. The van der Waals surface area contributed by atoms with Crippen molar-refractivity contribution < 1.29 is 31.6 Å². The fraction of sp³-hybridized carbons (Fsp3) is 0.217. The Hall–Kier alpha value is -3.75. The Labute approximate surface area is 180 Å². The second kappa shape index (κ2) is 7.44. The molecule has 32 heavy (non-hydrogen) atoms. The molecule has 0 spiro atoms. The molecular weight excluding hydrogens is 425 g/mol. The lowest BCUT2D eigenvalue weighted by Crippen LogP contribution is -2.45. The number of benzene rings is 1. The molecule has 6 nitrogen and oxygen atoms in total. The van der Waals surface area contributed by atoms with Crippen LogP contribution in [0.3, 0.4) is 0 Å². The summed E-state index contributed by atoms with van der Waals surface area (Å²) in [4.78, 5) is 26.6. The van der Waals surface area contributed by atoms with E-state index in [-0.39, 0.29) is 35.1 Å². The summed E-state index contributed by atoms with van der Waals surface area (Å²) in [7, 11) is 0. The van der Waals surface area contributed by atoms with Crippen LogP contribution in [0.25, 0.3) is 0 Å². The van der Waals surface area contributed by atoms with E-state index in [1.165, 1.54) is 36.8 Å². The first-order valence-electron chi connectivity index (χ1n) is 9.94. The van der Waals surface area contributed by atoms with Gasteiger partial charge < -0.3 is 14.2 Å². The van der Waals surface area contributed by atoms with E-state index in [9.17, 15) is 22.8 Å². The van der Waals surface area contributed by atoms with E-state index in [0.29, 0.717) is 28.5 Å².